The fourth-order valence-corrected chi connectivity index (χ4v) is 1.70. The van der Waals surface area contributed by atoms with Crippen LogP contribution in [0.15, 0.2) is 11.6 Å². The largest absolute Gasteiger partial charge is 0.0822 e. The molecule has 0 heterocycles. The molecule has 58 valence electrons. The fraction of sp³-hybridized carbons (Fsp3) is 0.800. The van der Waals surface area contributed by atoms with Crippen LogP contribution in [-0.4, -0.2) is 0 Å². The van der Waals surface area contributed by atoms with Gasteiger partial charge in [0.2, 0.25) is 0 Å². The van der Waals surface area contributed by atoms with Crippen molar-refractivity contribution >= 4 is 0 Å². The van der Waals surface area contributed by atoms with E-state index < -0.39 is 0 Å². The highest BCUT2D eigenvalue weighted by molar-refractivity contribution is 5.09. The van der Waals surface area contributed by atoms with Crippen LogP contribution in [0, 0.1) is 17.8 Å². The highest BCUT2D eigenvalue weighted by atomic mass is 14.3. The van der Waals surface area contributed by atoms with Crippen LogP contribution in [0.1, 0.15) is 34.1 Å². The van der Waals surface area contributed by atoms with Crippen molar-refractivity contribution in [3.8, 4) is 0 Å². The zero-order chi connectivity index (χ0) is 7.72. The van der Waals surface area contributed by atoms with Crippen molar-refractivity contribution in [3.05, 3.63) is 11.6 Å². The molecule has 1 aliphatic carbocycles. The molecular weight excluding hydrogens is 120 g/mol. The van der Waals surface area contributed by atoms with Crippen molar-refractivity contribution < 1.29 is 0 Å². The van der Waals surface area contributed by atoms with Crippen molar-refractivity contribution in [1.82, 2.24) is 0 Å². The molecule has 0 aromatic rings. The van der Waals surface area contributed by atoms with Gasteiger partial charge in [-0.3, -0.25) is 0 Å². The molecule has 3 atom stereocenters. The van der Waals surface area contributed by atoms with E-state index in [4.69, 9.17) is 0 Å². The molecule has 10 heavy (non-hydrogen) atoms. The Morgan fingerprint density at radius 2 is 1.90 bits per heavy atom. The van der Waals surface area contributed by atoms with Gasteiger partial charge in [-0.15, -0.1) is 0 Å². The van der Waals surface area contributed by atoms with Gasteiger partial charge in [-0.2, -0.15) is 0 Å². The lowest BCUT2D eigenvalue weighted by molar-refractivity contribution is 0.351. The lowest BCUT2D eigenvalue weighted by Gasteiger charge is -2.28. The van der Waals surface area contributed by atoms with Gasteiger partial charge < -0.3 is 0 Å². The predicted molar refractivity (Wildman–Crippen MR) is 45.9 cm³/mol. The highest BCUT2D eigenvalue weighted by Gasteiger charge is 2.20. The third kappa shape index (κ3) is 1.42. The number of hydrogen-bond acceptors (Lipinski definition) is 0. The van der Waals surface area contributed by atoms with Crippen LogP contribution in [0.5, 0.6) is 0 Å². The van der Waals surface area contributed by atoms with Crippen LogP contribution in [-0.2, 0) is 0 Å². The Bertz CT molecular complexity index is 144. The topological polar surface area (TPSA) is 0 Å². The highest BCUT2D eigenvalue weighted by Crippen LogP contribution is 2.31. The van der Waals surface area contributed by atoms with Crippen molar-refractivity contribution in [2.45, 2.75) is 34.1 Å². The first-order valence-electron chi connectivity index (χ1n) is 4.29. The first kappa shape index (κ1) is 7.84. The molecule has 1 rings (SSSR count). The van der Waals surface area contributed by atoms with E-state index in [0.717, 1.165) is 17.8 Å². The SMILES string of the molecule is CC1=CC(C)C(C)C[C@H]1C. The zero-order valence-electron chi connectivity index (χ0n) is 7.52. The monoisotopic (exact) mass is 138 g/mol. The Hall–Kier alpha value is -0.260. The summed E-state index contributed by atoms with van der Waals surface area (Å²) in [6.07, 6.45) is 3.81. The van der Waals surface area contributed by atoms with Gasteiger partial charge in [0, 0.05) is 0 Å². The number of hydrogen-bond donors (Lipinski definition) is 0. The molecule has 2 unspecified atom stereocenters. The molecule has 0 amide bonds. The van der Waals surface area contributed by atoms with Crippen LogP contribution < -0.4 is 0 Å². The van der Waals surface area contributed by atoms with Crippen LogP contribution >= 0.6 is 0 Å². The van der Waals surface area contributed by atoms with Crippen LogP contribution in [0.2, 0.25) is 0 Å². The van der Waals surface area contributed by atoms with Gasteiger partial charge in [0.05, 0.1) is 0 Å². The van der Waals surface area contributed by atoms with E-state index in [1.165, 1.54) is 6.42 Å². The van der Waals surface area contributed by atoms with Crippen LogP contribution in [0.4, 0.5) is 0 Å². The second-order valence-corrected chi connectivity index (χ2v) is 3.88. The molecular formula is C10H18. The minimum Gasteiger partial charge on any atom is -0.0822 e. The predicted octanol–water partition coefficient (Wildman–Crippen LogP) is 3.24. The molecule has 0 saturated heterocycles. The van der Waals surface area contributed by atoms with Crippen LogP contribution in [0.3, 0.4) is 0 Å². The Morgan fingerprint density at radius 3 is 2.40 bits per heavy atom. The molecule has 1 aliphatic rings. The average molecular weight is 138 g/mol. The Balaban J connectivity index is 2.69. The number of rotatable bonds is 0. The van der Waals surface area contributed by atoms with Gasteiger partial charge >= 0.3 is 0 Å². The molecule has 0 radical (unpaired) electrons. The van der Waals surface area contributed by atoms with E-state index in [1.54, 1.807) is 5.57 Å². The third-order valence-corrected chi connectivity index (χ3v) is 2.93. The van der Waals surface area contributed by atoms with E-state index in [2.05, 4.69) is 33.8 Å². The summed E-state index contributed by atoms with van der Waals surface area (Å²) < 4.78 is 0. The van der Waals surface area contributed by atoms with Crippen molar-refractivity contribution in [2.24, 2.45) is 17.8 Å². The Kier molecular flexibility index (Phi) is 2.18. The van der Waals surface area contributed by atoms with Gasteiger partial charge in [-0.25, -0.2) is 0 Å². The molecule has 0 aliphatic heterocycles. The quantitative estimate of drug-likeness (QED) is 0.451. The lowest BCUT2D eigenvalue weighted by Crippen LogP contribution is -2.16. The van der Waals surface area contributed by atoms with Gasteiger partial charge in [-0.1, -0.05) is 32.4 Å². The second kappa shape index (κ2) is 2.77. The summed E-state index contributed by atoms with van der Waals surface area (Å²) in [7, 11) is 0. The van der Waals surface area contributed by atoms with Crippen molar-refractivity contribution in [2.75, 3.05) is 0 Å². The van der Waals surface area contributed by atoms with E-state index in [1.807, 2.05) is 0 Å². The Morgan fingerprint density at radius 1 is 1.30 bits per heavy atom. The molecule has 0 N–H and O–H groups in total. The third-order valence-electron chi connectivity index (χ3n) is 2.93. The molecule has 0 aromatic carbocycles. The summed E-state index contributed by atoms with van der Waals surface area (Å²) in [5.41, 5.74) is 1.59. The molecule has 0 bridgehead atoms. The van der Waals surface area contributed by atoms with Gasteiger partial charge in [0.25, 0.3) is 0 Å². The second-order valence-electron chi connectivity index (χ2n) is 3.88. The van der Waals surface area contributed by atoms with E-state index in [-0.39, 0.29) is 0 Å². The van der Waals surface area contributed by atoms with Crippen LogP contribution in [0.25, 0.3) is 0 Å². The summed E-state index contributed by atoms with van der Waals surface area (Å²) in [6, 6.07) is 0. The maximum absolute atomic E-state index is 2.43. The standard InChI is InChI=1S/C10H18/c1-7-5-9(3)10(4)6-8(7)2/h5,7-8,10H,6H2,1-4H3/t7?,8?,10-/m1/s1. The number of allylic oxidation sites excluding steroid dienone is 2. The first-order valence-corrected chi connectivity index (χ1v) is 4.29. The summed E-state index contributed by atoms with van der Waals surface area (Å²) in [6.45, 7) is 9.26. The van der Waals surface area contributed by atoms with E-state index in [9.17, 15) is 0 Å². The minimum absolute atomic E-state index is 0.802. The van der Waals surface area contributed by atoms with Gasteiger partial charge in [-0.05, 0) is 31.1 Å². The smallest absolute Gasteiger partial charge is 0.0232 e. The lowest BCUT2D eigenvalue weighted by atomic mass is 9.78. The molecule has 0 spiro atoms. The summed E-state index contributed by atoms with van der Waals surface area (Å²) in [5, 5.41) is 0. The molecule has 0 heteroatoms. The molecule has 0 nitrogen and oxygen atoms in total. The average Bonchev–Trinajstić information content (AvgIpc) is 1.84. The Labute approximate surface area is 64.3 Å². The molecule has 0 saturated carbocycles. The summed E-state index contributed by atoms with van der Waals surface area (Å²) in [5.74, 6) is 2.51. The maximum atomic E-state index is 2.43. The van der Waals surface area contributed by atoms with E-state index in [0.29, 0.717) is 0 Å². The maximum Gasteiger partial charge on any atom is -0.0232 e. The zero-order valence-corrected chi connectivity index (χ0v) is 7.52. The minimum atomic E-state index is 0.802. The first-order chi connectivity index (χ1) is 4.61. The molecule has 0 aromatic heterocycles. The van der Waals surface area contributed by atoms with Gasteiger partial charge in [0.15, 0.2) is 0 Å². The van der Waals surface area contributed by atoms with Gasteiger partial charge in [0.1, 0.15) is 0 Å². The normalized spacial score (nSPS) is 41.2. The summed E-state index contributed by atoms with van der Waals surface area (Å²) in [4.78, 5) is 0. The molecule has 0 fully saturated rings. The van der Waals surface area contributed by atoms with E-state index >= 15 is 0 Å². The fourth-order valence-electron chi connectivity index (χ4n) is 1.70. The van der Waals surface area contributed by atoms with Crippen molar-refractivity contribution in [3.63, 3.8) is 0 Å². The van der Waals surface area contributed by atoms with Crippen molar-refractivity contribution in [1.29, 1.82) is 0 Å². The summed E-state index contributed by atoms with van der Waals surface area (Å²) >= 11 is 0.